The van der Waals surface area contributed by atoms with E-state index in [-0.39, 0.29) is 5.91 Å². The first-order valence-electron chi connectivity index (χ1n) is 7.62. The molecule has 0 radical (unpaired) electrons. The SMILES string of the molecule is CCc1ncncc1C(=O)NCCN1CCc2sccc2C1. The lowest BCUT2D eigenvalue weighted by molar-refractivity contribution is 0.0945. The number of thiophene rings is 1. The van der Waals surface area contributed by atoms with E-state index in [1.54, 1.807) is 6.20 Å². The van der Waals surface area contributed by atoms with Crippen molar-refractivity contribution in [2.45, 2.75) is 26.3 Å². The first-order valence-corrected chi connectivity index (χ1v) is 8.50. The van der Waals surface area contributed by atoms with Crippen LogP contribution in [0.5, 0.6) is 0 Å². The van der Waals surface area contributed by atoms with Gasteiger partial charge in [-0.1, -0.05) is 6.92 Å². The fourth-order valence-electron chi connectivity index (χ4n) is 2.75. The van der Waals surface area contributed by atoms with Gasteiger partial charge in [0.05, 0.1) is 11.3 Å². The van der Waals surface area contributed by atoms with Gasteiger partial charge >= 0.3 is 0 Å². The molecule has 0 atom stereocenters. The van der Waals surface area contributed by atoms with Gasteiger partial charge in [-0.25, -0.2) is 9.97 Å². The van der Waals surface area contributed by atoms with Crippen molar-refractivity contribution in [3.8, 4) is 0 Å². The van der Waals surface area contributed by atoms with Crippen LogP contribution in [0.1, 0.15) is 33.4 Å². The monoisotopic (exact) mass is 316 g/mol. The number of carbonyl (C=O) groups excluding carboxylic acids is 1. The zero-order valence-electron chi connectivity index (χ0n) is 12.7. The van der Waals surface area contributed by atoms with Crippen LogP contribution in [0.15, 0.2) is 24.0 Å². The lowest BCUT2D eigenvalue weighted by Crippen LogP contribution is -2.37. The van der Waals surface area contributed by atoms with Gasteiger partial charge in [-0.05, 0) is 29.9 Å². The Morgan fingerprint density at radius 3 is 3.27 bits per heavy atom. The Morgan fingerprint density at radius 1 is 1.50 bits per heavy atom. The zero-order chi connectivity index (χ0) is 15.4. The Bertz CT molecular complexity index is 655. The minimum Gasteiger partial charge on any atom is -0.351 e. The number of hydrogen-bond acceptors (Lipinski definition) is 5. The fourth-order valence-corrected chi connectivity index (χ4v) is 3.64. The van der Waals surface area contributed by atoms with Crippen LogP contribution in [0.2, 0.25) is 0 Å². The predicted molar refractivity (Wildman–Crippen MR) is 87.0 cm³/mol. The van der Waals surface area contributed by atoms with Crippen LogP contribution in [0, 0.1) is 0 Å². The molecule has 2 aromatic rings. The molecule has 0 bridgehead atoms. The van der Waals surface area contributed by atoms with E-state index < -0.39 is 0 Å². The summed E-state index contributed by atoms with van der Waals surface area (Å²) in [6, 6.07) is 2.21. The highest BCUT2D eigenvalue weighted by molar-refractivity contribution is 7.10. The second kappa shape index (κ2) is 6.98. The summed E-state index contributed by atoms with van der Waals surface area (Å²) in [5.74, 6) is -0.0781. The highest BCUT2D eigenvalue weighted by atomic mass is 32.1. The molecule has 22 heavy (non-hydrogen) atoms. The van der Waals surface area contributed by atoms with Crippen molar-refractivity contribution in [3.05, 3.63) is 45.7 Å². The molecule has 0 spiro atoms. The lowest BCUT2D eigenvalue weighted by atomic mass is 10.1. The average molecular weight is 316 g/mol. The van der Waals surface area contributed by atoms with Crippen molar-refractivity contribution in [2.24, 2.45) is 0 Å². The predicted octanol–water partition coefficient (Wildman–Crippen LogP) is 1.89. The van der Waals surface area contributed by atoms with Crippen molar-refractivity contribution >= 4 is 17.2 Å². The minimum absolute atomic E-state index is 0.0781. The largest absolute Gasteiger partial charge is 0.351 e. The van der Waals surface area contributed by atoms with Crippen LogP contribution in [0.25, 0.3) is 0 Å². The zero-order valence-corrected chi connectivity index (χ0v) is 13.5. The molecule has 1 aliphatic rings. The maximum Gasteiger partial charge on any atom is 0.254 e. The second-order valence-corrected chi connectivity index (χ2v) is 6.39. The van der Waals surface area contributed by atoms with Crippen LogP contribution in [0.4, 0.5) is 0 Å². The molecule has 3 heterocycles. The number of hydrogen-bond donors (Lipinski definition) is 1. The molecule has 1 amide bonds. The highest BCUT2D eigenvalue weighted by Crippen LogP contribution is 2.23. The first kappa shape index (κ1) is 15.1. The number of aryl methyl sites for hydroxylation is 1. The van der Waals surface area contributed by atoms with E-state index in [1.807, 2.05) is 18.3 Å². The highest BCUT2D eigenvalue weighted by Gasteiger charge is 2.17. The second-order valence-electron chi connectivity index (χ2n) is 5.39. The Labute approximate surface area is 134 Å². The molecule has 6 heteroatoms. The van der Waals surface area contributed by atoms with Gasteiger partial charge in [0.2, 0.25) is 0 Å². The maximum absolute atomic E-state index is 12.2. The van der Waals surface area contributed by atoms with Crippen LogP contribution < -0.4 is 5.32 Å². The molecular formula is C16H20N4OS. The van der Waals surface area contributed by atoms with Crippen molar-refractivity contribution in [3.63, 3.8) is 0 Å². The van der Waals surface area contributed by atoms with Crippen molar-refractivity contribution in [1.82, 2.24) is 20.2 Å². The van der Waals surface area contributed by atoms with E-state index in [0.29, 0.717) is 12.1 Å². The Hall–Kier alpha value is -1.79. The van der Waals surface area contributed by atoms with Crippen LogP contribution >= 0.6 is 11.3 Å². The topological polar surface area (TPSA) is 58.1 Å². The fraction of sp³-hybridized carbons (Fsp3) is 0.438. The summed E-state index contributed by atoms with van der Waals surface area (Å²) in [7, 11) is 0. The van der Waals surface area contributed by atoms with Crippen molar-refractivity contribution in [1.29, 1.82) is 0 Å². The summed E-state index contributed by atoms with van der Waals surface area (Å²) in [5.41, 5.74) is 2.82. The van der Waals surface area contributed by atoms with Crippen molar-refractivity contribution in [2.75, 3.05) is 19.6 Å². The third-order valence-electron chi connectivity index (χ3n) is 3.97. The number of nitrogens with zero attached hydrogens (tertiary/aromatic N) is 3. The number of fused-ring (bicyclic) bond motifs is 1. The normalized spacial score (nSPS) is 14.6. The average Bonchev–Trinajstić information content (AvgIpc) is 3.02. The van der Waals surface area contributed by atoms with E-state index >= 15 is 0 Å². The molecule has 1 N–H and O–H groups in total. The molecule has 0 aliphatic carbocycles. The van der Waals surface area contributed by atoms with Gasteiger partial charge in [-0.15, -0.1) is 11.3 Å². The third kappa shape index (κ3) is 3.34. The number of carbonyl (C=O) groups is 1. The van der Waals surface area contributed by atoms with E-state index in [4.69, 9.17) is 0 Å². The van der Waals surface area contributed by atoms with Gasteiger partial charge in [0.1, 0.15) is 6.33 Å². The minimum atomic E-state index is -0.0781. The van der Waals surface area contributed by atoms with Gasteiger partial charge in [0.25, 0.3) is 5.91 Å². The molecule has 1 aliphatic heterocycles. The molecule has 2 aromatic heterocycles. The molecular weight excluding hydrogens is 296 g/mol. The Kier molecular flexibility index (Phi) is 4.80. The quantitative estimate of drug-likeness (QED) is 0.915. The maximum atomic E-state index is 12.2. The van der Waals surface area contributed by atoms with Gasteiger partial charge in [0.15, 0.2) is 0 Å². The Morgan fingerprint density at radius 2 is 2.41 bits per heavy atom. The van der Waals surface area contributed by atoms with Gasteiger partial charge < -0.3 is 5.32 Å². The summed E-state index contributed by atoms with van der Waals surface area (Å²) in [6.45, 7) is 5.57. The van der Waals surface area contributed by atoms with E-state index in [2.05, 4.69) is 31.6 Å². The number of aromatic nitrogens is 2. The van der Waals surface area contributed by atoms with Crippen LogP contribution in [-0.2, 0) is 19.4 Å². The number of nitrogens with one attached hydrogen (secondary N) is 1. The van der Waals surface area contributed by atoms with Gasteiger partial charge in [-0.2, -0.15) is 0 Å². The standard InChI is InChI=1S/C16H20N4OS/c1-2-14-13(9-17-11-19-14)16(21)18-5-7-20-6-3-15-12(10-20)4-8-22-15/h4,8-9,11H,2-3,5-7,10H2,1H3,(H,18,21). The summed E-state index contributed by atoms with van der Waals surface area (Å²) < 4.78 is 0. The molecule has 3 rings (SSSR count). The van der Waals surface area contributed by atoms with Crippen LogP contribution in [-0.4, -0.2) is 40.4 Å². The van der Waals surface area contributed by atoms with Gasteiger partial charge in [-0.3, -0.25) is 9.69 Å². The van der Waals surface area contributed by atoms with E-state index in [1.165, 1.54) is 16.8 Å². The Balaban J connectivity index is 1.50. The molecule has 116 valence electrons. The van der Waals surface area contributed by atoms with E-state index in [9.17, 15) is 4.79 Å². The number of amides is 1. The summed E-state index contributed by atoms with van der Waals surface area (Å²) in [6.07, 6.45) is 4.94. The van der Waals surface area contributed by atoms with Crippen LogP contribution in [0.3, 0.4) is 0 Å². The molecule has 0 saturated carbocycles. The third-order valence-corrected chi connectivity index (χ3v) is 5.00. The van der Waals surface area contributed by atoms with Crippen molar-refractivity contribution < 1.29 is 4.79 Å². The lowest BCUT2D eigenvalue weighted by Gasteiger charge is -2.26. The summed E-state index contributed by atoms with van der Waals surface area (Å²) in [4.78, 5) is 24.2. The molecule has 0 aromatic carbocycles. The summed E-state index contributed by atoms with van der Waals surface area (Å²) >= 11 is 1.85. The summed E-state index contributed by atoms with van der Waals surface area (Å²) in [5, 5.41) is 5.15. The smallest absolute Gasteiger partial charge is 0.254 e. The molecule has 5 nitrogen and oxygen atoms in total. The first-order chi connectivity index (χ1) is 10.8. The number of rotatable bonds is 5. The van der Waals surface area contributed by atoms with Gasteiger partial charge in [0, 0.05) is 37.3 Å². The molecule has 0 saturated heterocycles. The van der Waals surface area contributed by atoms with E-state index in [0.717, 1.165) is 38.2 Å². The molecule has 0 unspecified atom stereocenters. The molecule has 0 fully saturated rings.